The molecule has 0 saturated carbocycles. The lowest BCUT2D eigenvalue weighted by Crippen LogP contribution is -2.42. The number of rotatable bonds is 6. The number of sulfonamides is 1. The molecule has 1 N–H and O–H groups in total. The molecule has 0 bridgehead atoms. The lowest BCUT2D eigenvalue weighted by atomic mass is 10.2. The van der Waals surface area contributed by atoms with E-state index in [4.69, 9.17) is 9.47 Å². The van der Waals surface area contributed by atoms with Gasteiger partial charge in [0, 0.05) is 18.7 Å². The van der Waals surface area contributed by atoms with E-state index in [0.717, 1.165) is 19.5 Å². The van der Waals surface area contributed by atoms with Gasteiger partial charge in [-0.3, -0.25) is 4.90 Å². The minimum absolute atomic E-state index is 0.220. The van der Waals surface area contributed by atoms with E-state index < -0.39 is 10.0 Å². The molecule has 2 aliphatic rings. The normalized spacial score (nSPS) is 19.7. The summed E-state index contributed by atoms with van der Waals surface area (Å²) in [5.74, 6) is 1.09. The smallest absolute Gasteiger partial charge is 0.240 e. The average molecular weight is 340 g/mol. The Morgan fingerprint density at radius 3 is 2.57 bits per heavy atom. The zero-order valence-electron chi connectivity index (χ0n) is 13.5. The van der Waals surface area contributed by atoms with Crippen molar-refractivity contribution >= 4 is 10.0 Å². The molecule has 7 heteroatoms. The molecule has 1 fully saturated rings. The van der Waals surface area contributed by atoms with Crippen LogP contribution in [0, 0.1) is 0 Å². The zero-order valence-corrected chi connectivity index (χ0v) is 14.3. The van der Waals surface area contributed by atoms with Gasteiger partial charge in [0.15, 0.2) is 11.5 Å². The molecule has 1 aromatic rings. The minimum atomic E-state index is -3.54. The van der Waals surface area contributed by atoms with Gasteiger partial charge in [-0.15, -0.1) is 0 Å². The monoisotopic (exact) mass is 340 g/mol. The molecule has 1 unspecified atom stereocenters. The summed E-state index contributed by atoms with van der Waals surface area (Å²) in [5, 5.41) is 0. The SMILES string of the molecule is CCC(CNS(=O)(=O)c1ccc2c(c1)OCCO2)N1CCCC1. The van der Waals surface area contributed by atoms with Crippen molar-refractivity contribution in [3.63, 3.8) is 0 Å². The van der Waals surface area contributed by atoms with Gasteiger partial charge in [-0.1, -0.05) is 6.92 Å². The molecule has 1 saturated heterocycles. The van der Waals surface area contributed by atoms with E-state index in [1.165, 1.54) is 18.9 Å². The molecule has 1 atom stereocenters. The third-order valence-electron chi connectivity index (χ3n) is 4.46. The van der Waals surface area contributed by atoms with Gasteiger partial charge in [0.2, 0.25) is 10.0 Å². The molecule has 2 heterocycles. The second-order valence-electron chi connectivity index (χ2n) is 5.96. The summed E-state index contributed by atoms with van der Waals surface area (Å²) >= 11 is 0. The highest BCUT2D eigenvalue weighted by Crippen LogP contribution is 2.32. The Balaban J connectivity index is 1.68. The van der Waals surface area contributed by atoms with Crippen LogP contribution in [0.5, 0.6) is 11.5 Å². The standard InChI is InChI=1S/C16H24N2O4S/c1-2-13(18-7-3-4-8-18)12-17-23(19,20)14-5-6-15-16(11-14)22-10-9-21-15/h5-6,11,13,17H,2-4,7-10,12H2,1H3. The maximum Gasteiger partial charge on any atom is 0.240 e. The molecule has 0 aromatic heterocycles. The molecular weight excluding hydrogens is 316 g/mol. The number of ether oxygens (including phenoxy) is 2. The van der Waals surface area contributed by atoms with Crippen molar-refractivity contribution in [1.82, 2.24) is 9.62 Å². The van der Waals surface area contributed by atoms with Crippen LogP contribution in [0.2, 0.25) is 0 Å². The highest BCUT2D eigenvalue weighted by atomic mass is 32.2. The second-order valence-corrected chi connectivity index (χ2v) is 7.73. The highest BCUT2D eigenvalue weighted by Gasteiger charge is 2.24. The fourth-order valence-corrected chi connectivity index (χ4v) is 4.21. The number of likely N-dealkylation sites (tertiary alicyclic amines) is 1. The van der Waals surface area contributed by atoms with Crippen molar-refractivity contribution in [2.24, 2.45) is 0 Å². The van der Waals surface area contributed by atoms with Crippen LogP contribution in [0.1, 0.15) is 26.2 Å². The van der Waals surface area contributed by atoms with Crippen LogP contribution in [0.3, 0.4) is 0 Å². The molecule has 0 radical (unpaired) electrons. The van der Waals surface area contributed by atoms with Crippen molar-refractivity contribution in [2.75, 3.05) is 32.8 Å². The molecule has 128 valence electrons. The first kappa shape index (κ1) is 16.5. The summed E-state index contributed by atoms with van der Waals surface area (Å²) in [6, 6.07) is 5.01. The van der Waals surface area contributed by atoms with Crippen LogP contribution in [0.4, 0.5) is 0 Å². The zero-order chi connectivity index (χ0) is 16.3. The Hall–Kier alpha value is -1.31. The second kappa shape index (κ2) is 7.07. The summed E-state index contributed by atoms with van der Waals surface area (Å²) in [7, 11) is -3.54. The largest absolute Gasteiger partial charge is 0.486 e. The van der Waals surface area contributed by atoms with E-state index in [2.05, 4.69) is 16.5 Å². The van der Waals surface area contributed by atoms with E-state index in [1.807, 2.05) is 0 Å². The number of benzene rings is 1. The van der Waals surface area contributed by atoms with Crippen LogP contribution < -0.4 is 14.2 Å². The van der Waals surface area contributed by atoms with E-state index >= 15 is 0 Å². The number of nitrogens with one attached hydrogen (secondary N) is 1. The van der Waals surface area contributed by atoms with Crippen LogP contribution in [0.15, 0.2) is 23.1 Å². The van der Waals surface area contributed by atoms with Crippen molar-refractivity contribution in [3.05, 3.63) is 18.2 Å². The Labute approximate surface area is 137 Å². The molecule has 0 aliphatic carbocycles. The molecular formula is C16H24N2O4S. The molecule has 0 amide bonds. The third kappa shape index (κ3) is 3.79. The highest BCUT2D eigenvalue weighted by molar-refractivity contribution is 7.89. The van der Waals surface area contributed by atoms with E-state index in [-0.39, 0.29) is 10.9 Å². The van der Waals surface area contributed by atoms with Gasteiger partial charge in [0.05, 0.1) is 4.90 Å². The lowest BCUT2D eigenvalue weighted by Gasteiger charge is -2.26. The molecule has 1 aromatic carbocycles. The first-order valence-electron chi connectivity index (χ1n) is 8.23. The Morgan fingerprint density at radius 1 is 1.17 bits per heavy atom. The molecule has 0 spiro atoms. The predicted octanol–water partition coefficient (Wildman–Crippen LogP) is 1.61. The number of nitrogens with zero attached hydrogens (tertiary/aromatic N) is 1. The first-order chi connectivity index (χ1) is 11.1. The Morgan fingerprint density at radius 2 is 1.87 bits per heavy atom. The number of hydrogen-bond donors (Lipinski definition) is 1. The van der Waals surface area contributed by atoms with Crippen molar-refractivity contribution in [1.29, 1.82) is 0 Å². The average Bonchev–Trinajstić information content (AvgIpc) is 3.09. The van der Waals surface area contributed by atoms with Crippen molar-refractivity contribution < 1.29 is 17.9 Å². The first-order valence-corrected chi connectivity index (χ1v) is 9.72. The number of fused-ring (bicyclic) bond motifs is 1. The fourth-order valence-electron chi connectivity index (χ4n) is 3.12. The van der Waals surface area contributed by atoms with Crippen LogP contribution >= 0.6 is 0 Å². The topological polar surface area (TPSA) is 67.9 Å². The molecule has 23 heavy (non-hydrogen) atoms. The van der Waals surface area contributed by atoms with Crippen LogP contribution in [-0.2, 0) is 10.0 Å². The maximum atomic E-state index is 12.5. The van der Waals surface area contributed by atoms with Gasteiger partial charge < -0.3 is 9.47 Å². The van der Waals surface area contributed by atoms with Gasteiger partial charge >= 0.3 is 0 Å². The van der Waals surface area contributed by atoms with Gasteiger partial charge in [-0.05, 0) is 44.5 Å². The Kier molecular flexibility index (Phi) is 5.08. The van der Waals surface area contributed by atoms with Gasteiger partial charge in [0.25, 0.3) is 0 Å². The fraction of sp³-hybridized carbons (Fsp3) is 0.625. The van der Waals surface area contributed by atoms with Crippen molar-refractivity contribution in [2.45, 2.75) is 37.1 Å². The lowest BCUT2D eigenvalue weighted by molar-refractivity contribution is 0.171. The summed E-state index contributed by atoms with van der Waals surface area (Å²) in [6.45, 7) is 5.59. The van der Waals surface area contributed by atoms with Crippen molar-refractivity contribution in [3.8, 4) is 11.5 Å². The molecule has 3 rings (SSSR count). The predicted molar refractivity (Wildman–Crippen MR) is 87.5 cm³/mol. The number of hydrogen-bond acceptors (Lipinski definition) is 5. The summed E-state index contributed by atoms with van der Waals surface area (Å²) in [5.41, 5.74) is 0. The third-order valence-corrected chi connectivity index (χ3v) is 5.88. The quantitative estimate of drug-likeness (QED) is 0.852. The van der Waals surface area contributed by atoms with E-state index in [0.29, 0.717) is 31.3 Å². The summed E-state index contributed by atoms with van der Waals surface area (Å²) < 4.78 is 38.7. The van der Waals surface area contributed by atoms with E-state index in [1.54, 1.807) is 12.1 Å². The maximum absolute atomic E-state index is 12.5. The van der Waals surface area contributed by atoms with Gasteiger partial charge in [0.1, 0.15) is 13.2 Å². The van der Waals surface area contributed by atoms with Gasteiger partial charge in [-0.25, -0.2) is 13.1 Å². The Bertz CT molecular complexity index is 641. The summed E-state index contributed by atoms with van der Waals surface area (Å²) in [6.07, 6.45) is 3.33. The van der Waals surface area contributed by atoms with E-state index in [9.17, 15) is 8.42 Å². The van der Waals surface area contributed by atoms with Crippen LogP contribution in [0.25, 0.3) is 0 Å². The molecule has 2 aliphatic heterocycles. The molecule has 6 nitrogen and oxygen atoms in total. The van der Waals surface area contributed by atoms with Crippen LogP contribution in [-0.4, -0.2) is 52.2 Å². The summed E-state index contributed by atoms with van der Waals surface area (Å²) in [4.78, 5) is 2.59. The van der Waals surface area contributed by atoms with Gasteiger partial charge in [-0.2, -0.15) is 0 Å². The minimum Gasteiger partial charge on any atom is -0.486 e.